The van der Waals surface area contributed by atoms with Gasteiger partial charge in [0.05, 0.1) is 7.11 Å². The van der Waals surface area contributed by atoms with Gasteiger partial charge < -0.3 is 10.1 Å². The van der Waals surface area contributed by atoms with Gasteiger partial charge in [-0.3, -0.25) is 4.79 Å². The molecule has 2 aromatic rings. The second-order valence-corrected chi connectivity index (χ2v) is 4.78. The predicted molar refractivity (Wildman–Crippen MR) is 80.1 cm³/mol. The van der Waals surface area contributed by atoms with Gasteiger partial charge in [0.25, 0.3) is 5.91 Å². The maximum absolute atomic E-state index is 12.2. The molecule has 0 aliphatic rings. The number of rotatable bonds is 4. The van der Waals surface area contributed by atoms with Gasteiger partial charge in [-0.25, -0.2) is 0 Å². The van der Waals surface area contributed by atoms with E-state index >= 15 is 0 Å². The molecule has 0 unspecified atom stereocenters. The lowest BCUT2D eigenvalue weighted by Gasteiger charge is -2.10. The molecule has 1 amide bonds. The maximum atomic E-state index is 12.2. The van der Waals surface area contributed by atoms with Crippen molar-refractivity contribution in [2.75, 3.05) is 7.11 Å². The van der Waals surface area contributed by atoms with E-state index in [2.05, 4.69) is 5.32 Å². The van der Waals surface area contributed by atoms with Gasteiger partial charge in [0, 0.05) is 12.1 Å². The zero-order valence-electron chi connectivity index (χ0n) is 12.1. The Kier molecular flexibility index (Phi) is 4.41. The van der Waals surface area contributed by atoms with Crippen molar-refractivity contribution in [2.24, 2.45) is 0 Å². The number of ether oxygens (including phenoxy) is 1. The molecule has 2 aromatic carbocycles. The Morgan fingerprint density at radius 2 is 1.90 bits per heavy atom. The lowest BCUT2D eigenvalue weighted by atomic mass is 10.0. The van der Waals surface area contributed by atoms with E-state index in [-0.39, 0.29) is 5.91 Å². The van der Waals surface area contributed by atoms with E-state index in [4.69, 9.17) is 4.74 Å². The van der Waals surface area contributed by atoms with Crippen molar-refractivity contribution in [3.63, 3.8) is 0 Å². The number of amides is 1. The van der Waals surface area contributed by atoms with Crippen LogP contribution in [0, 0.1) is 13.8 Å². The van der Waals surface area contributed by atoms with E-state index in [1.54, 1.807) is 7.11 Å². The Hall–Kier alpha value is -2.29. The predicted octanol–water partition coefficient (Wildman–Crippen LogP) is 3.24. The van der Waals surface area contributed by atoms with E-state index < -0.39 is 0 Å². The molecule has 0 atom stereocenters. The third-order valence-electron chi connectivity index (χ3n) is 3.44. The number of nitrogens with one attached hydrogen (secondary N) is 1. The van der Waals surface area contributed by atoms with Crippen molar-refractivity contribution >= 4 is 5.91 Å². The zero-order chi connectivity index (χ0) is 14.5. The molecule has 0 aromatic heterocycles. The molecular formula is C17H19NO2. The Bertz CT molecular complexity index is 620. The van der Waals surface area contributed by atoms with Crippen LogP contribution in [0.15, 0.2) is 42.5 Å². The Labute approximate surface area is 119 Å². The summed E-state index contributed by atoms with van der Waals surface area (Å²) in [6, 6.07) is 13.4. The lowest BCUT2D eigenvalue weighted by molar-refractivity contribution is 0.0950. The number of aryl methyl sites for hydroxylation is 1. The fraction of sp³-hybridized carbons (Fsp3) is 0.235. The first kappa shape index (κ1) is 14.1. The molecule has 0 radical (unpaired) electrons. The van der Waals surface area contributed by atoms with Gasteiger partial charge in [-0.05, 0) is 48.7 Å². The molecule has 0 saturated heterocycles. The van der Waals surface area contributed by atoms with Gasteiger partial charge in [-0.1, -0.05) is 24.3 Å². The van der Waals surface area contributed by atoms with Crippen LogP contribution in [0.1, 0.15) is 27.0 Å². The third kappa shape index (κ3) is 3.18. The topological polar surface area (TPSA) is 38.3 Å². The molecule has 3 heteroatoms. The minimum Gasteiger partial charge on any atom is -0.497 e. The van der Waals surface area contributed by atoms with Crippen molar-refractivity contribution < 1.29 is 9.53 Å². The first-order valence-electron chi connectivity index (χ1n) is 6.59. The van der Waals surface area contributed by atoms with Crippen LogP contribution in [0.2, 0.25) is 0 Å². The van der Waals surface area contributed by atoms with Crippen molar-refractivity contribution in [2.45, 2.75) is 20.4 Å². The first-order valence-corrected chi connectivity index (χ1v) is 6.59. The molecule has 20 heavy (non-hydrogen) atoms. The average molecular weight is 269 g/mol. The normalized spacial score (nSPS) is 10.2. The molecule has 0 aliphatic heterocycles. The maximum Gasteiger partial charge on any atom is 0.251 e. The Morgan fingerprint density at radius 1 is 1.15 bits per heavy atom. The number of methoxy groups -OCH3 is 1. The largest absolute Gasteiger partial charge is 0.497 e. The number of hydrogen-bond acceptors (Lipinski definition) is 2. The lowest BCUT2D eigenvalue weighted by Crippen LogP contribution is -2.23. The minimum absolute atomic E-state index is 0.0472. The van der Waals surface area contributed by atoms with Crippen molar-refractivity contribution in [1.82, 2.24) is 5.32 Å². The SMILES string of the molecule is COc1cccc(CNC(=O)c2cccc(C)c2C)c1. The first-order chi connectivity index (χ1) is 9.61. The van der Waals surface area contributed by atoms with Crippen LogP contribution in [0.5, 0.6) is 5.75 Å². The van der Waals surface area contributed by atoms with Gasteiger partial charge >= 0.3 is 0 Å². The van der Waals surface area contributed by atoms with E-state index in [1.165, 1.54) is 0 Å². The number of carbonyl (C=O) groups excluding carboxylic acids is 1. The van der Waals surface area contributed by atoms with Crippen LogP contribution in [-0.2, 0) is 6.54 Å². The summed E-state index contributed by atoms with van der Waals surface area (Å²) in [6.07, 6.45) is 0. The summed E-state index contributed by atoms with van der Waals surface area (Å²) in [5, 5.41) is 2.94. The quantitative estimate of drug-likeness (QED) is 0.925. The van der Waals surface area contributed by atoms with Crippen molar-refractivity contribution in [1.29, 1.82) is 0 Å². The zero-order valence-corrected chi connectivity index (χ0v) is 12.1. The van der Waals surface area contributed by atoms with Crippen LogP contribution in [0.4, 0.5) is 0 Å². The average Bonchev–Trinajstić information content (AvgIpc) is 2.48. The van der Waals surface area contributed by atoms with Crippen LogP contribution in [0.25, 0.3) is 0 Å². The number of hydrogen-bond donors (Lipinski definition) is 1. The Morgan fingerprint density at radius 3 is 2.65 bits per heavy atom. The summed E-state index contributed by atoms with van der Waals surface area (Å²) in [4.78, 5) is 12.2. The second kappa shape index (κ2) is 6.24. The van der Waals surface area contributed by atoms with E-state index in [1.807, 2.05) is 56.3 Å². The fourth-order valence-corrected chi connectivity index (χ4v) is 2.06. The molecule has 0 bridgehead atoms. The molecule has 1 N–H and O–H groups in total. The smallest absolute Gasteiger partial charge is 0.251 e. The monoisotopic (exact) mass is 269 g/mol. The summed E-state index contributed by atoms with van der Waals surface area (Å²) >= 11 is 0. The number of carbonyl (C=O) groups is 1. The van der Waals surface area contributed by atoms with Gasteiger partial charge in [0.2, 0.25) is 0 Å². The summed E-state index contributed by atoms with van der Waals surface area (Å²) in [5.41, 5.74) is 3.89. The summed E-state index contributed by atoms with van der Waals surface area (Å²) in [6.45, 7) is 4.47. The minimum atomic E-state index is -0.0472. The molecule has 0 heterocycles. The number of benzene rings is 2. The molecule has 0 spiro atoms. The van der Waals surface area contributed by atoms with Gasteiger partial charge in [-0.15, -0.1) is 0 Å². The highest BCUT2D eigenvalue weighted by Gasteiger charge is 2.09. The standard InChI is InChI=1S/C17H19NO2/c1-12-6-4-9-16(13(12)2)17(19)18-11-14-7-5-8-15(10-14)20-3/h4-10H,11H2,1-3H3,(H,18,19). The van der Waals surface area contributed by atoms with E-state index in [9.17, 15) is 4.79 Å². The van der Waals surface area contributed by atoms with Crippen LogP contribution < -0.4 is 10.1 Å². The second-order valence-electron chi connectivity index (χ2n) is 4.78. The van der Waals surface area contributed by atoms with Gasteiger partial charge in [0.1, 0.15) is 5.75 Å². The van der Waals surface area contributed by atoms with E-state index in [0.29, 0.717) is 6.54 Å². The van der Waals surface area contributed by atoms with Crippen molar-refractivity contribution in [3.05, 3.63) is 64.7 Å². The van der Waals surface area contributed by atoms with Crippen molar-refractivity contribution in [3.8, 4) is 5.75 Å². The molecule has 104 valence electrons. The molecule has 3 nitrogen and oxygen atoms in total. The summed E-state index contributed by atoms with van der Waals surface area (Å²) in [5.74, 6) is 0.748. The highest BCUT2D eigenvalue weighted by atomic mass is 16.5. The van der Waals surface area contributed by atoms with Gasteiger partial charge in [-0.2, -0.15) is 0 Å². The summed E-state index contributed by atoms with van der Waals surface area (Å²) < 4.78 is 5.17. The highest BCUT2D eigenvalue weighted by Crippen LogP contribution is 2.14. The highest BCUT2D eigenvalue weighted by molar-refractivity contribution is 5.95. The van der Waals surface area contributed by atoms with Crippen LogP contribution in [-0.4, -0.2) is 13.0 Å². The molecule has 0 aliphatic carbocycles. The van der Waals surface area contributed by atoms with Crippen LogP contribution >= 0.6 is 0 Å². The molecule has 2 rings (SSSR count). The molecule has 0 fully saturated rings. The fourth-order valence-electron chi connectivity index (χ4n) is 2.06. The Balaban J connectivity index is 2.06. The molecule has 0 saturated carbocycles. The van der Waals surface area contributed by atoms with Gasteiger partial charge in [0.15, 0.2) is 0 Å². The van der Waals surface area contributed by atoms with E-state index in [0.717, 1.165) is 28.0 Å². The summed E-state index contributed by atoms with van der Waals surface area (Å²) in [7, 11) is 1.63. The third-order valence-corrected chi connectivity index (χ3v) is 3.44. The van der Waals surface area contributed by atoms with Crippen LogP contribution in [0.3, 0.4) is 0 Å². The molecular weight excluding hydrogens is 250 g/mol.